The summed E-state index contributed by atoms with van der Waals surface area (Å²) in [6.07, 6.45) is 5.21. The van der Waals surface area contributed by atoms with E-state index in [4.69, 9.17) is 15.1 Å². The molecule has 0 aliphatic carbocycles. The van der Waals surface area contributed by atoms with Gasteiger partial charge in [0.25, 0.3) is 0 Å². The number of anilines is 2. The molecule has 2 saturated heterocycles. The first-order valence-corrected chi connectivity index (χ1v) is 13.5. The third-order valence-corrected chi connectivity index (χ3v) is 7.82. The molecule has 0 amide bonds. The molecule has 0 saturated carbocycles. The van der Waals surface area contributed by atoms with Gasteiger partial charge in [-0.3, -0.25) is 4.90 Å². The second kappa shape index (κ2) is 11.5. The van der Waals surface area contributed by atoms with Gasteiger partial charge in [0, 0.05) is 68.7 Å². The smallest absolute Gasteiger partial charge is 0.232 e. The fraction of sp³-hybridized carbons (Fsp3) is 0.414. The fourth-order valence-corrected chi connectivity index (χ4v) is 5.54. The summed E-state index contributed by atoms with van der Waals surface area (Å²) in [6.45, 7) is 10.1. The first-order chi connectivity index (χ1) is 18.5. The Kier molecular flexibility index (Phi) is 8.02. The molecule has 6 rings (SSSR count). The topological polar surface area (TPSA) is 87.6 Å². The normalized spacial score (nSPS) is 17.2. The molecular formula is C29H35ClFN7O. The van der Waals surface area contributed by atoms with Crippen LogP contribution < -0.4 is 15.5 Å². The summed E-state index contributed by atoms with van der Waals surface area (Å²) in [4.78, 5) is 21.0. The predicted octanol–water partition coefficient (Wildman–Crippen LogP) is 4.97. The van der Waals surface area contributed by atoms with Crippen molar-refractivity contribution in [3.63, 3.8) is 0 Å². The van der Waals surface area contributed by atoms with E-state index in [1.807, 2.05) is 6.20 Å². The SMILES string of the molecule is CC(C)N1CCN(c2ccc(-c3oc4ncnc(N5CCC(N)CC5)c4c3-c3ccc(F)cc3)cn2)CC1.Cl. The number of piperidine rings is 1. The number of pyridine rings is 1. The summed E-state index contributed by atoms with van der Waals surface area (Å²) in [5, 5.41) is 0.832. The van der Waals surface area contributed by atoms with Gasteiger partial charge in [0.05, 0.1) is 5.39 Å². The van der Waals surface area contributed by atoms with Crippen LogP contribution in [0.1, 0.15) is 26.7 Å². The molecule has 206 valence electrons. The van der Waals surface area contributed by atoms with Crippen LogP contribution in [0.3, 0.4) is 0 Å². The highest BCUT2D eigenvalue weighted by Crippen LogP contribution is 2.43. The van der Waals surface area contributed by atoms with Crippen LogP contribution in [0.4, 0.5) is 16.0 Å². The highest BCUT2D eigenvalue weighted by molar-refractivity contribution is 6.06. The Balaban J connectivity index is 0.00000308. The second-order valence-electron chi connectivity index (χ2n) is 10.5. The van der Waals surface area contributed by atoms with Gasteiger partial charge in [-0.15, -0.1) is 12.4 Å². The monoisotopic (exact) mass is 551 g/mol. The summed E-state index contributed by atoms with van der Waals surface area (Å²) < 4.78 is 20.3. The van der Waals surface area contributed by atoms with E-state index in [0.717, 1.165) is 85.8 Å². The molecule has 2 aliphatic heterocycles. The van der Waals surface area contributed by atoms with E-state index in [9.17, 15) is 4.39 Å². The van der Waals surface area contributed by atoms with Crippen LogP contribution in [-0.4, -0.2) is 71.2 Å². The molecule has 2 aliphatic rings. The Bertz CT molecular complexity index is 1390. The van der Waals surface area contributed by atoms with Crippen LogP contribution in [0.2, 0.25) is 0 Å². The number of hydrogen-bond donors (Lipinski definition) is 1. The van der Waals surface area contributed by atoms with Crippen molar-refractivity contribution in [3.05, 3.63) is 54.7 Å². The van der Waals surface area contributed by atoms with Crippen molar-refractivity contribution in [2.24, 2.45) is 5.73 Å². The lowest BCUT2D eigenvalue weighted by atomic mass is 9.99. The number of piperazine rings is 1. The first kappa shape index (κ1) is 27.3. The number of fused-ring (bicyclic) bond motifs is 1. The van der Waals surface area contributed by atoms with Crippen LogP contribution in [0, 0.1) is 5.82 Å². The van der Waals surface area contributed by atoms with Crippen molar-refractivity contribution >= 4 is 35.1 Å². The minimum absolute atomic E-state index is 0. The summed E-state index contributed by atoms with van der Waals surface area (Å²) in [6, 6.07) is 11.4. The van der Waals surface area contributed by atoms with Crippen LogP contribution in [-0.2, 0) is 0 Å². The summed E-state index contributed by atoms with van der Waals surface area (Å²) in [5.41, 5.74) is 9.21. The summed E-state index contributed by atoms with van der Waals surface area (Å²) in [7, 11) is 0. The van der Waals surface area contributed by atoms with Crippen molar-refractivity contribution in [2.75, 3.05) is 49.1 Å². The number of rotatable bonds is 5. The number of benzene rings is 1. The highest BCUT2D eigenvalue weighted by atomic mass is 35.5. The molecule has 3 aromatic heterocycles. The van der Waals surface area contributed by atoms with E-state index >= 15 is 0 Å². The van der Waals surface area contributed by atoms with Gasteiger partial charge in [-0.05, 0) is 56.5 Å². The van der Waals surface area contributed by atoms with Crippen LogP contribution >= 0.6 is 12.4 Å². The number of aromatic nitrogens is 3. The van der Waals surface area contributed by atoms with Gasteiger partial charge in [-0.25, -0.2) is 19.3 Å². The first-order valence-electron chi connectivity index (χ1n) is 13.5. The average molecular weight is 552 g/mol. The Morgan fingerprint density at radius 1 is 0.872 bits per heavy atom. The van der Waals surface area contributed by atoms with Crippen molar-refractivity contribution < 1.29 is 8.81 Å². The lowest BCUT2D eigenvalue weighted by Gasteiger charge is -2.37. The Hall–Kier alpha value is -3.27. The number of halogens is 2. The van der Waals surface area contributed by atoms with Gasteiger partial charge in [0.1, 0.15) is 29.5 Å². The zero-order chi connectivity index (χ0) is 26.2. The molecule has 10 heteroatoms. The van der Waals surface area contributed by atoms with Crippen molar-refractivity contribution in [2.45, 2.75) is 38.8 Å². The Morgan fingerprint density at radius 2 is 1.56 bits per heavy atom. The lowest BCUT2D eigenvalue weighted by Crippen LogP contribution is -2.49. The number of hydrogen-bond acceptors (Lipinski definition) is 8. The predicted molar refractivity (Wildman–Crippen MR) is 156 cm³/mol. The zero-order valence-corrected chi connectivity index (χ0v) is 23.2. The molecule has 5 heterocycles. The second-order valence-corrected chi connectivity index (χ2v) is 10.5. The third kappa shape index (κ3) is 5.44. The average Bonchev–Trinajstić information content (AvgIpc) is 3.34. The van der Waals surface area contributed by atoms with E-state index in [1.165, 1.54) is 12.1 Å². The zero-order valence-electron chi connectivity index (χ0n) is 22.4. The van der Waals surface area contributed by atoms with Gasteiger partial charge in [-0.2, -0.15) is 0 Å². The van der Waals surface area contributed by atoms with Gasteiger partial charge in [0.15, 0.2) is 0 Å². The molecule has 0 bridgehead atoms. The molecular weight excluding hydrogens is 517 g/mol. The maximum absolute atomic E-state index is 13.9. The molecule has 4 aromatic rings. The Labute approximate surface area is 234 Å². The van der Waals surface area contributed by atoms with E-state index in [1.54, 1.807) is 18.5 Å². The molecule has 0 radical (unpaired) electrons. The fourth-order valence-electron chi connectivity index (χ4n) is 5.54. The summed E-state index contributed by atoms with van der Waals surface area (Å²) >= 11 is 0. The highest BCUT2D eigenvalue weighted by Gasteiger charge is 2.27. The van der Waals surface area contributed by atoms with Gasteiger partial charge in [0.2, 0.25) is 5.71 Å². The lowest BCUT2D eigenvalue weighted by molar-refractivity contribution is 0.209. The van der Waals surface area contributed by atoms with Gasteiger partial charge >= 0.3 is 0 Å². The van der Waals surface area contributed by atoms with E-state index < -0.39 is 0 Å². The van der Waals surface area contributed by atoms with E-state index in [-0.39, 0.29) is 24.3 Å². The Morgan fingerprint density at radius 3 is 2.21 bits per heavy atom. The standard InChI is InChI=1S/C29H34FN7O.ClH/c1-19(2)35-13-15-36(16-14-35)24-8-5-21(17-32-24)27-25(20-3-6-22(30)7-4-20)26-28(33-18-34-29(26)38-27)37-11-9-23(31)10-12-37;/h3-8,17-19,23H,9-16,31H2,1-2H3;1H. The van der Waals surface area contributed by atoms with Gasteiger partial charge < -0.3 is 20.0 Å². The largest absolute Gasteiger partial charge is 0.437 e. The molecule has 0 spiro atoms. The molecule has 39 heavy (non-hydrogen) atoms. The van der Waals surface area contributed by atoms with Crippen LogP contribution in [0.5, 0.6) is 0 Å². The minimum atomic E-state index is -0.284. The molecule has 0 atom stereocenters. The maximum Gasteiger partial charge on any atom is 0.232 e. The van der Waals surface area contributed by atoms with Crippen molar-refractivity contribution in [1.82, 2.24) is 19.9 Å². The molecule has 2 N–H and O–H groups in total. The maximum atomic E-state index is 13.9. The van der Waals surface area contributed by atoms with Crippen molar-refractivity contribution in [1.29, 1.82) is 0 Å². The van der Waals surface area contributed by atoms with Crippen LogP contribution in [0.25, 0.3) is 33.6 Å². The molecule has 2 fully saturated rings. The number of nitrogens with zero attached hydrogens (tertiary/aromatic N) is 6. The summed E-state index contributed by atoms with van der Waals surface area (Å²) in [5.74, 6) is 2.16. The van der Waals surface area contributed by atoms with E-state index in [0.29, 0.717) is 17.5 Å². The number of nitrogens with two attached hydrogens (primary N) is 1. The third-order valence-electron chi connectivity index (χ3n) is 7.82. The molecule has 1 aromatic carbocycles. The quantitative estimate of drug-likeness (QED) is 0.372. The minimum Gasteiger partial charge on any atom is -0.437 e. The number of furan rings is 1. The van der Waals surface area contributed by atoms with Gasteiger partial charge in [-0.1, -0.05) is 12.1 Å². The van der Waals surface area contributed by atoms with Crippen LogP contribution in [0.15, 0.2) is 53.3 Å². The van der Waals surface area contributed by atoms with E-state index in [2.05, 4.69) is 50.6 Å². The molecule has 0 unspecified atom stereocenters. The van der Waals surface area contributed by atoms with Crippen molar-refractivity contribution in [3.8, 4) is 22.5 Å². The molecule has 8 nitrogen and oxygen atoms in total.